The van der Waals surface area contributed by atoms with E-state index in [0.717, 1.165) is 17.0 Å². The van der Waals surface area contributed by atoms with Gasteiger partial charge in [-0.05, 0) is 17.7 Å². The summed E-state index contributed by atoms with van der Waals surface area (Å²) < 4.78 is 36.7. The molecule has 0 saturated carbocycles. The Kier molecular flexibility index (Phi) is 4.95. The van der Waals surface area contributed by atoms with E-state index >= 15 is 0 Å². The van der Waals surface area contributed by atoms with Crippen LogP contribution in [0.5, 0.6) is 0 Å². The number of carbonyl (C=O) groups is 2. The van der Waals surface area contributed by atoms with Gasteiger partial charge in [0.2, 0.25) is 5.91 Å². The molecule has 2 aliphatic heterocycles. The molecule has 0 spiro atoms. The molecule has 0 unspecified atom stereocenters. The summed E-state index contributed by atoms with van der Waals surface area (Å²) in [6.07, 6.45) is 2.02. The van der Waals surface area contributed by atoms with Crippen molar-refractivity contribution >= 4 is 23.3 Å². The number of carbonyl (C=O) groups excluding carboxylic acids is 2. The van der Waals surface area contributed by atoms with Crippen molar-refractivity contribution in [3.8, 4) is 6.07 Å². The number of fused-ring (bicyclic) bond motifs is 1. The first-order chi connectivity index (χ1) is 14.4. The van der Waals surface area contributed by atoms with Crippen LogP contribution in [-0.2, 0) is 22.5 Å². The van der Waals surface area contributed by atoms with Crippen LogP contribution < -0.4 is 10.2 Å². The molecule has 1 aromatic heterocycles. The maximum Gasteiger partial charge on any atom is 0.414 e. The summed E-state index contributed by atoms with van der Waals surface area (Å²) in [5.41, 5.74) is 1.07. The fraction of sp³-hybridized carbons (Fsp3) is 0.300. The topological polar surface area (TPSA) is 100 Å². The molecule has 2 amide bonds. The van der Waals surface area contributed by atoms with Gasteiger partial charge in [0.25, 0.3) is 0 Å². The SMILES string of the molecule is CC(=O)NC[C@H]1CN(c2cc(F)c(C3=CCn4cnc(C#N)c4C3)c(F)c2)C(=O)O1. The van der Waals surface area contributed by atoms with Gasteiger partial charge < -0.3 is 14.6 Å². The highest BCUT2D eigenvalue weighted by atomic mass is 19.1. The number of anilines is 1. The van der Waals surface area contributed by atoms with E-state index < -0.39 is 23.8 Å². The van der Waals surface area contributed by atoms with Crippen molar-refractivity contribution in [1.82, 2.24) is 14.9 Å². The van der Waals surface area contributed by atoms with Crippen LogP contribution in [0.1, 0.15) is 23.9 Å². The third-order valence-corrected chi connectivity index (χ3v) is 5.06. The van der Waals surface area contributed by atoms with Crippen LogP contribution in [0.2, 0.25) is 0 Å². The summed E-state index contributed by atoms with van der Waals surface area (Å²) in [4.78, 5) is 28.2. The largest absolute Gasteiger partial charge is 0.442 e. The summed E-state index contributed by atoms with van der Waals surface area (Å²) in [5.74, 6) is -1.91. The number of hydrogen-bond donors (Lipinski definition) is 1. The number of cyclic esters (lactones) is 1. The van der Waals surface area contributed by atoms with Crippen molar-refractivity contribution in [2.24, 2.45) is 0 Å². The monoisotopic (exact) mass is 413 g/mol. The lowest BCUT2D eigenvalue weighted by Crippen LogP contribution is -2.33. The highest BCUT2D eigenvalue weighted by Gasteiger charge is 2.33. The Morgan fingerprint density at radius 2 is 2.13 bits per heavy atom. The molecule has 3 heterocycles. The van der Waals surface area contributed by atoms with Crippen LogP contribution in [0.15, 0.2) is 24.5 Å². The second-order valence-corrected chi connectivity index (χ2v) is 7.05. The number of allylic oxidation sites excluding steroid dienone is 2. The zero-order valence-corrected chi connectivity index (χ0v) is 16.0. The van der Waals surface area contributed by atoms with E-state index in [9.17, 15) is 18.4 Å². The number of amides is 2. The van der Waals surface area contributed by atoms with Gasteiger partial charge in [-0.15, -0.1) is 0 Å². The van der Waals surface area contributed by atoms with Gasteiger partial charge in [0, 0.05) is 25.5 Å². The average Bonchev–Trinajstić information content (AvgIpc) is 3.28. The number of hydrogen-bond acceptors (Lipinski definition) is 5. The molecule has 0 bridgehead atoms. The first-order valence-corrected chi connectivity index (χ1v) is 9.22. The molecule has 2 aliphatic rings. The third-order valence-electron chi connectivity index (χ3n) is 5.06. The Morgan fingerprint density at radius 3 is 2.80 bits per heavy atom. The lowest BCUT2D eigenvalue weighted by molar-refractivity contribution is -0.119. The minimum Gasteiger partial charge on any atom is -0.442 e. The number of nitrogens with zero attached hydrogens (tertiary/aromatic N) is 4. The maximum absolute atomic E-state index is 14.9. The number of imidazole rings is 1. The highest BCUT2D eigenvalue weighted by Crippen LogP contribution is 2.33. The molecule has 0 radical (unpaired) electrons. The van der Waals surface area contributed by atoms with Crippen molar-refractivity contribution < 1.29 is 23.1 Å². The summed E-state index contributed by atoms with van der Waals surface area (Å²) in [7, 11) is 0. The Hall–Kier alpha value is -3.74. The van der Waals surface area contributed by atoms with Gasteiger partial charge in [-0.25, -0.2) is 18.6 Å². The number of rotatable bonds is 4. The average molecular weight is 413 g/mol. The Morgan fingerprint density at radius 1 is 1.40 bits per heavy atom. The Labute approximate surface area is 170 Å². The molecule has 1 atom stereocenters. The normalized spacial score (nSPS) is 17.8. The highest BCUT2D eigenvalue weighted by molar-refractivity contribution is 5.90. The predicted octanol–water partition coefficient (Wildman–Crippen LogP) is 2.13. The first kappa shape index (κ1) is 19.6. The number of ether oxygens (including phenoxy) is 1. The fourth-order valence-electron chi connectivity index (χ4n) is 3.61. The lowest BCUT2D eigenvalue weighted by atomic mass is 9.96. The smallest absolute Gasteiger partial charge is 0.414 e. The van der Waals surface area contributed by atoms with E-state index in [1.165, 1.54) is 13.3 Å². The number of nitrogens with one attached hydrogen (secondary N) is 1. The van der Waals surface area contributed by atoms with Crippen molar-refractivity contribution in [3.05, 3.63) is 53.1 Å². The third kappa shape index (κ3) is 3.50. The summed E-state index contributed by atoms with van der Waals surface area (Å²) in [6, 6.07) is 4.14. The van der Waals surface area contributed by atoms with Gasteiger partial charge in [0.05, 0.1) is 30.8 Å². The number of halogens is 2. The zero-order chi connectivity index (χ0) is 21.4. The molecule has 154 valence electrons. The molecule has 1 N–H and O–H groups in total. The van der Waals surface area contributed by atoms with Gasteiger partial charge in [0.1, 0.15) is 23.8 Å². The first-order valence-electron chi connectivity index (χ1n) is 9.22. The van der Waals surface area contributed by atoms with Crippen LogP contribution in [0.25, 0.3) is 5.57 Å². The summed E-state index contributed by atoms with van der Waals surface area (Å²) >= 11 is 0. The van der Waals surface area contributed by atoms with Crippen LogP contribution >= 0.6 is 0 Å². The summed E-state index contributed by atoms with van der Waals surface area (Å²) in [6.45, 7) is 1.86. The number of benzene rings is 1. The van der Waals surface area contributed by atoms with Gasteiger partial charge >= 0.3 is 6.09 Å². The molecule has 1 fully saturated rings. The van der Waals surface area contributed by atoms with E-state index in [-0.39, 0.29) is 42.4 Å². The molecule has 0 aliphatic carbocycles. The Balaban J connectivity index is 1.57. The molecule has 1 saturated heterocycles. The second kappa shape index (κ2) is 7.59. The van der Waals surface area contributed by atoms with Crippen molar-refractivity contribution in [2.75, 3.05) is 18.0 Å². The van der Waals surface area contributed by atoms with Crippen molar-refractivity contribution in [1.29, 1.82) is 5.26 Å². The standard InChI is InChI=1S/C20H17F2N5O3/c1-11(28)24-8-14-9-27(20(29)30-14)13-5-15(21)19(16(22)6-13)12-2-3-26-10-25-17(7-23)18(26)4-12/h2,5-6,10,14H,3-4,8-9H2,1H3,(H,24,28)/t14-/m0/s1. The van der Waals surface area contributed by atoms with Gasteiger partial charge in [-0.1, -0.05) is 6.08 Å². The second-order valence-electron chi connectivity index (χ2n) is 7.05. The molecule has 30 heavy (non-hydrogen) atoms. The van der Waals surface area contributed by atoms with Crippen molar-refractivity contribution in [3.63, 3.8) is 0 Å². The molecule has 10 heteroatoms. The van der Waals surface area contributed by atoms with Crippen molar-refractivity contribution in [2.45, 2.75) is 26.0 Å². The molecular weight excluding hydrogens is 396 g/mol. The Bertz CT molecular complexity index is 1100. The van der Waals surface area contributed by atoms with E-state index in [1.54, 1.807) is 10.6 Å². The van der Waals surface area contributed by atoms with E-state index in [0.29, 0.717) is 17.8 Å². The maximum atomic E-state index is 14.9. The van der Waals surface area contributed by atoms with E-state index in [4.69, 9.17) is 10.00 Å². The van der Waals surface area contributed by atoms with Crippen LogP contribution in [-0.4, -0.2) is 40.7 Å². The van der Waals surface area contributed by atoms with Gasteiger partial charge in [-0.2, -0.15) is 5.26 Å². The minimum absolute atomic E-state index is 0.0308. The van der Waals surface area contributed by atoms with E-state index in [1.807, 2.05) is 6.07 Å². The van der Waals surface area contributed by atoms with Crippen LogP contribution in [0, 0.1) is 23.0 Å². The molecule has 1 aromatic carbocycles. The van der Waals surface area contributed by atoms with Crippen LogP contribution in [0.4, 0.5) is 19.3 Å². The number of nitriles is 1. The van der Waals surface area contributed by atoms with Crippen LogP contribution in [0.3, 0.4) is 0 Å². The predicted molar refractivity (Wildman–Crippen MR) is 101 cm³/mol. The molecule has 8 nitrogen and oxygen atoms in total. The lowest BCUT2D eigenvalue weighted by Gasteiger charge is -2.19. The quantitative estimate of drug-likeness (QED) is 0.828. The molecule has 4 rings (SSSR count). The zero-order valence-electron chi connectivity index (χ0n) is 16.0. The summed E-state index contributed by atoms with van der Waals surface area (Å²) in [5, 5.41) is 11.7. The minimum atomic E-state index is -0.819. The molecular formula is C20H17F2N5O3. The van der Waals surface area contributed by atoms with E-state index in [2.05, 4.69) is 10.3 Å². The fourth-order valence-corrected chi connectivity index (χ4v) is 3.61. The number of aromatic nitrogens is 2. The molecule has 2 aromatic rings. The van der Waals surface area contributed by atoms with Gasteiger partial charge in [0.15, 0.2) is 5.69 Å². The van der Waals surface area contributed by atoms with Gasteiger partial charge in [-0.3, -0.25) is 9.69 Å².